The average Bonchev–Trinajstić information content (AvgIpc) is 2.88. The molecule has 0 saturated heterocycles. The van der Waals surface area contributed by atoms with Crippen LogP contribution in [0.3, 0.4) is 0 Å². The third-order valence-electron chi connectivity index (χ3n) is 8.52. The molecule has 13 heteroatoms. The van der Waals surface area contributed by atoms with E-state index in [1.807, 2.05) is 6.92 Å². The summed E-state index contributed by atoms with van der Waals surface area (Å²) in [6, 6.07) is -0.353. The van der Waals surface area contributed by atoms with Gasteiger partial charge in [0.1, 0.15) is 11.6 Å². The van der Waals surface area contributed by atoms with Crippen molar-refractivity contribution in [2.45, 2.75) is 50.7 Å². The number of fused-ring (bicyclic) bond motifs is 3. The Bertz CT molecular complexity index is 1330. The number of nitrogens with two attached hydrogens (primary N) is 1. The molecule has 6 atom stereocenters. The molecule has 3 aliphatic rings. The largest absolute Gasteiger partial charge is 0.505 e. The van der Waals surface area contributed by atoms with Gasteiger partial charge in [0.15, 0.2) is 34.7 Å². The van der Waals surface area contributed by atoms with E-state index in [2.05, 4.69) is 10.6 Å². The second kappa shape index (κ2) is 11.4. The number of phenols is 1. The van der Waals surface area contributed by atoms with Crippen LogP contribution in [0.15, 0.2) is 6.07 Å². The van der Waals surface area contributed by atoms with Crippen LogP contribution in [0.25, 0.3) is 0 Å². The SMILES string of the molecule is CCCCCNCC(=O)Nc1cc(F)c2c(c1O)C(=O)C1C(=O)C3(O)C(=O)C(C(N)=O)C(=O)C(N(C)C)C3CC1C2. The van der Waals surface area contributed by atoms with Gasteiger partial charge < -0.3 is 26.6 Å². The van der Waals surface area contributed by atoms with Crippen LogP contribution in [0.5, 0.6) is 5.75 Å². The predicted molar refractivity (Wildman–Crippen MR) is 142 cm³/mol. The first-order chi connectivity index (χ1) is 19.3. The zero-order valence-corrected chi connectivity index (χ0v) is 23.2. The van der Waals surface area contributed by atoms with Gasteiger partial charge in [0, 0.05) is 17.5 Å². The Morgan fingerprint density at radius 2 is 1.85 bits per heavy atom. The van der Waals surface area contributed by atoms with E-state index in [0.717, 1.165) is 25.3 Å². The van der Waals surface area contributed by atoms with E-state index in [4.69, 9.17) is 5.73 Å². The first-order valence-electron chi connectivity index (χ1n) is 13.7. The van der Waals surface area contributed by atoms with Gasteiger partial charge in [-0.2, -0.15) is 0 Å². The lowest BCUT2D eigenvalue weighted by molar-refractivity contribution is -0.181. The Kier molecular flexibility index (Phi) is 8.44. The number of hydrogen-bond donors (Lipinski definition) is 5. The van der Waals surface area contributed by atoms with E-state index in [-0.39, 0.29) is 30.6 Å². The van der Waals surface area contributed by atoms with Crippen molar-refractivity contribution in [1.29, 1.82) is 0 Å². The van der Waals surface area contributed by atoms with Crippen LogP contribution < -0.4 is 16.4 Å². The first kappa shape index (κ1) is 30.4. The molecule has 41 heavy (non-hydrogen) atoms. The third-order valence-corrected chi connectivity index (χ3v) is 8.52. The third kappa shape index (κ3) is 4.95. The second-order valence-electron chi connectivity index (χ2n) is 11.3. The maximum Gasteiger partial charge on any atom is 0.238 e. The van der Waals surface area contributed by atoms with E-state index in [0.29, 0.717) is 6.54 Å². The van der Waals surface area contributed by atoms with Crippen LogP contribution in [0.4, 0.5) is 10.1 Å². The normalized spacial score (nSPS) is 29.2. The standard InChI is InChI=1S/C28H35FN4O8/c1-4-5-6-7-31-11-17(34)32-16-10-15(29)13-8-12-9-14-21(33(2)3)24(37)20(27(30)40)26(39)28(14,41)25(38)18(12)23(36)19(13)22(16)35/h10,12,14,18,20-21,31,35,41H,4-9,11H2,1-3H3,(H2,30,40)(H,32,34). The number of carbonyl (C=O) groups excluding carboxylic acids is 6. The van der Waals surface area contributed by atoms with Crippen molar-refractivity contribution in [2.75, 3.05) is 32.5 Å². The zero-order valence-electron chi connectivity index (χ0n) is 23.2. The molecule has 0 bridgehead atoms. The van der Waals surface area contributed by atoms with Crippen molar-refractivity contribution >= 4 is 40.6 Å². The minimum atomic E-state index is -2.87. The molecule has 1 aromatic carbocycles. The van der Waals surface area contributed by atoms with Gasteiger partial charge in [-0.25, -0.2) is 4.39 Å². The molecule has 0 aromatic heterocycles. The first-order valence-corrected chi connectivity index (χ1v) is 13.7. The molecule has 0 aliphatic heterocycles. The molecule has 2 saturated carbocycles. The lowest BCUT2D eigenvalue weighted by Gasteiger charge is -2.52. The topological polar surface area (TPSA) is 196 Å². The minimum Gasteiger partial charge on any atom is -0.505 e. The van der Waals surface area contributed by atoms with Gasteiger partial charge in [-0.3, -0.25) is 33.7 Å². The predicted octanol–water partition coefficient (Wildman–Crippen LogP) is -0.276. The number of amides is 2. The van der Waals surface area contributed by atoms with Gasteiger partial charge in [-0.05, 0) is 45.8 Å². The number of unbranched alkanes of at least 4 members (excludes halogenated alkanes) is 2. The Hall–Kier alpha value is -3.55. The maximum absolute atomic E-state index is 15.3. The lowest BCUT2D eigenvalue weighted by Crippen LogP contribution is -2.74. The van der Waals surface area contributed by atoms with Crippen molar-refractivity contribution in [2.24, 2.45) is 29.4 Å². The number of anilines is 1. The molecular weight excluding hydrogens is 539 g/mol. The summed E-state index contributed by atoms with van der Waals surface area (Å²) in [6.07, 6.45) is 2.43. The number of primary amides is 1. The molecule has 4 rings (SSSR count). The van der Waals surface area contributed by atoms with Crippen molar-refractivity contribution in [3.05, 3.63) is 23.0 Å². The Morgan fingerprint density at radius 1 is 1.17 bits per heavy atom. The number of Topliss-reactive ketones (excluding diaryl/α,β-unsaturated/α-hetero) is 4. The summed E-state index contributed by atoms with van der Waals surface area (Å²) >= 11 is 0. The van der Waals surface area contributed by atoms with Gasteiger partial charge in [-0.1, -0.05) is 19.8 Å². The summed E-state index contributed by atoms with van der Waals surface area (Å²) in [5.74, 6) is -14.0. The molecule has 2 fully saturated rings. The van der Waals surface area contributed by atoms with E-state index in [1.54, 1.807) is 0 Å². The number of likely N-dealkylation sites (N-methyl/N-ethyl adjacent to an activating group) is 1. The highest BCUT2D eigenvalue weighted by Crippen LogP contribution is 2.51. The van der Waals surface area contributed by atoms with E-state index in [9.17, 15) is 39.0 Å². The highest BCUT2D eigenvalue weighted by atomic mass is 19.1. The number of phenolic OH excluding ortho intramolecular Hbond substituents is 1. The quantitative estimate of drug-likeness (QED) is 0.149. The van der Waals surface area contributed by atoms with Crippen LogP contribution in [0.1, 0.15) is 48.5 Å². The molecule has 12 nitrogen and oxygen atoms in total. The number of rotatable bonds is 9. The maximum atomic E-state index is 15.3. The minimum absolute atomic E-state index is 0.123. The van der Waals surface area contributed by atoms with Gasteiger partial charge >= 0.3 is 0 Å². The number of nitrogens with zero attached hydrogens (tertiary/aromatic N) is 1. The van der Waals surface area contributed by atoms with Crippen LogP contribution in [-0.4, -0.2) is 88.9 Å². The number of nitrogens with one attached hydrogen (secondary N) is 2. The van der Waals surface area contributed by atoms with Gasteiger partial charge in [0.2, 0.25) is 11.8 Å². The summed E-state index contributed by atoms with van der Waals surface area (Å²) in [6.45, 7) is 2.49. The molecule has 1 aromatic rings. The molecule has 6 N–H and O–H groups in total. The van der Waals surface area contributed by atoms with Crippen LogP contribution >= 0.6 is 0 Å². The van der Waals surface area contributed by atoms with E-state index >= 15 is 4.39 Å². The molecule has 0 heterocycles. The summed E-state index contributed by atoms with van der Waals surface area (Å²) in [5, 5.41) is 27.8. The lowest BCUT2D eigenvalue weighted by atomic mass is 9.52. The molecule has 2 amide bonds. The van der Waals surface area contributed by atoms with E-state index < -0.39 is 87.4 Å². The summed E-state index contributed by atoms with van der Waals surface area (Å²) < 4.78 is 15.3. The number of aliphatic hydroxyl groups is 1. The molecular formula is C28H35FN4O8. The second-order valence-corrected chi connectivity index (χ2v) is 11.3. The fraction of sp³-hybridized carbons (Fsp3) is 0.571. The fourth-order valence-electron chi connectivity index (χ4n) is 6.62. The van der Waals surface area contributed by atoms with Crippen molar-refractivity contribution in [1.82, 2.24) is 10.2 Å². The van der Waals surface area contributed by atoms with Crippen molar-refractivity contribution in [3.8, 4) is 5.75 Å². The highest BCUT2D eigenvalue weighted by Gasteiger charge is 2.69. The Morgan fingerprint density at radius 3 is 2.46 bits per heavy atom. The summed E-state index contributed by atoms with van der Waals surface area (Å²) in [5.41, 5.74) is 1.36. The Labute approximate surface area is 235 Å². The zero-order chi connectivity index (χ0) is 30.4. The number of halogens is 1. The molecule has 0 radical (unpaired) electrons. The van der Waals surface area contributed by atoms with Gasteiger partial charge in [-0.15, -0.1) is 0 Å². The van der Waals surface area contributed by atoms with Gasteiger partial charge in [0.25, 0.3) is 0 Å². The average molecular weight is 575 g/mol. The van der Waals surface area contributed by atoms with Crippen molar-refractivity contribution in [3.63, 3.8) is 0 Å². The number of aromatic hydroxyl groups is 1. The number of carbonyl (C=O) groups is 6. The van der Waals surface area contributed by atoms with E-state index in [1.165, 1.54) is 19.0 Å². The fourth-order valence-corrected chi connectivity index (χ4v) is 6.62. The Balaban J connectivity index is 1.68. The molecule has 3 aliphatic carbocycles. The summed E-state index contributed by atoms with van der Waals surface area (Å²) in [7, 11) is 2.95. The smallest absolute Gasteiger partial charge is 0.238 e. The van der Waals surface area contributed by atoms with Crippen LogP contribution in [0.2, 0.25) is 0 Å². The molecule has 6 unspecified atom stereocenters. The molecule has 222 valence electrons. The number of hydrogen-bond acceptors (Lipinski definition) is 10. The van der Waals surface area contributed by atoms with Crippen LogP contribution in [0, 0.1) is 29.5 Å². The number of benzene rings is 1. The monoisotopic (exact) mass is 574 g/mol. The highest BCUT2D eigenvalue weighted by molar-refractivity contribution is 6.32. The number of ketones is 4. The van der Waals surface area contributed by atoms with Gasteiger partial charge in [0.05, 0.1) is 29.8 Å². The molecule has 0 spiro atoms. The summed E-state index contributed by atoms with van der Waals surface area (Å²) in [4.78, 5) is 79.7. The van der Waals surface area contributed by atoms with Crippen molar-refractivity contribution < 1.29 is 43.4 Å². The van der Waals surface area contributed by atoms with Crippen LogP contribution in [-0.2, 0) is 30.4 Å².